The first-order valence-corrected chi connectivity index (χ1v) is 8.71. The van der Waals surface area contributed by atoms with Crippen LogP contribution in [0.5, 0.6) is 0 Å². The largest absolute Gasteiger partial charge is 0.357 e. The van der Waals surface area contributed by atoms with Crippen molar-refractivity contribution in [2.75, 3.05) is 7.05 Å². The van der Waals surface area contributed by atoms with E-state index in [0.29, 0.717) is 18.7 Å². The SMILES string of the molecule is CCCn1ncnc1[C@H](C)NC(=O)NC1(C(=O)NC)CCCCC1. The number of aromatic nitrogens is 3. The Hall–Kier alpha value is -2.12. The molecule has 0 aromatic carbocycles. The maximum absolute atomic E-state index is 12.5. The molecule has 1 atom stereocenters. The zero-order valence-electron chi connectivity index (χ0n) is 14.8. The van der Waals surface area contributed by atoms with Crippen molar-refractivity contribution in [1.82, 2.24) is 30.7 Å². The van der Waals surface area contributed by atoms with Crippen LogP contribution in [0.3, 0.4) is 0 Å². The fourth-order valence-electron chi connectivity index (χ4n) is 3.31. The summed E-state index contributed by atoms with van der Waals surface area (Å²) in [6, 6.07) is -0.636. The van der Waals surface area contributed by atoms with Crippen LogP contribution in [0, 0.1) is 0 Å². The van der Waals surface area contributed by atoms with Gasteiger partial charge >= 0.3 is 6.03 Å². The summed E-state index contributed by atoms with van der Waals surface area (Å²) < 4.78 is 1.79. The number of rotatable bonds is 6. The van der Waals surface area contributed by atoms with Gasteiger partial charge < -0.3 is 16.0 Å². The van der Waals surface area contributed by atoms with Crippen molar-refractivity contribution in [1.29, 1.82) is 0 Å². The predicted octanol–water partition coefficient (Wildman–Crippen LogP) is 1.50. The quantitative estimate of drug-likeness (QED) is 0.733. The van der Waals surface area contributed by atoms with Gasteiger partial charge in [0.15, 0.2) is 0 Å². The highest BCUT2D eigenvalue weighted by atomic mass is 16.2. The minimum atomic E-state index is -0.812. The number of carbonyl (C=O) groups excluding carboxylic acids is 2. The Bertz CT molecular complexity index is 565. The van der Waals surface area contributed by atoms with Crippen LogP contribution in [0.25, 0.3) is 0 Å². The Kier molecular flexibility index (Phi) is 6.16. The molecule has 134 valence electrons. The highest BCUT2D eigenvalue weighted by molar-refractivity contribution is 5.91. The normalized spacial score (nSPS) is 17.8. The van der Waals surface area contributed by atoms with Crippen molar-refractivity contribution in [3.63, 3.8) is 0 Å². The molecule has 8 nitrogen and oxygen atoms in total. The minimum Gasteiger partial charge on any atom is -0.357 e. The molecule has 3 amide bonds. The maximum Gasteiger partial charge on any atom is 0.316 e. The van der Waals surface area contributed by atoms with Gasteiger partial charge in [0.1, 0.15) is 17.7 Å². The summed E-state index contributed by atoms with van der Waals surface area (Å²) in [7, 11) is 1.61. The number of amides is 3. The number of carbonyl (C=O) groups is 2. The second-order valence-electron chi connectivity index (χ2n) is 6.38. The monoisotopic (exact) mass is 336 g/mol. The first kappa shape index (κ1) is 18.2. The summed E-state index contributed by atoms with van der Waals surface area (Å²) in [4.78, 5) is 29.0. The highest BCUT2D eigenvalue weighted by Crippen LogP contribution is 2.28. The lowest BCUT2D eigenvalue weighted by molar-refractivity contribution is -0.128. The summed E-state index contributed by atoms with van der Waals surface area (Å²) in [6.45, 7) is 4.68. The molecule has 1 aliphatic carbocycles. The summed E-state index contributed by atoms with van der Waals surface area (Å²) in [5.74, 6) is 0.587. The summed E-state index contributed by atoms with van der Waals surface area (Å²) in [5.41, 5.74) is -0.812. The van der Waals surface area contributed by atoms with E-state index in [2.05, 4.69) is 33.0 Å². The molecule has 1 aliphatic rings. The average molecular weight is 336 g/mol. The van der Waals surface area contributed by atoms with Crippen molar-refractivity contribution in [3.05, 3.63) is 12.2 Å². The Morgan fingerprint density at radius 3 is 2.67 bits per heavy atom. The molecular formula is C16H28N6O2. The van der Waals surface area contributed by atoms with Crippen molar-refractivity contribution in [2.45, 2.75) is 70.5 Å². The van der Waals surface area contributed by atoms with Crippen LogP contribution in [0.1, 0.15) is 64.2 Å². The van der Waals surface area contributed by atoms with Crippen molar-refractivity contribution < 1.29 is 9.59 Å². The molecule has 0 bridgehead atoms. The number of urea groups is 1. The number of aryl methyl sites for hydroxylation is 1. The summed E-state index contributed by atoms with van der Waals surface area (Å²) in [5, 5.41) is 12.6. The van der Waals surface area contributed by atoms with Gasteiger partial charge in [-0.25, -0.2) is 14.5 Å². The van der Waals surface area contributed by atoms with E-state index in [1.165, 1.54) is 6.33 Å². The average Bonchev–Trinajstić information content (AvgIpc) is 3.03. The van der Waals surface area contributed by atoms with E-state index in [0.717, 1.165) is 32.2 Å². The van der Waals surface area contributed by atoms with E-state index in [-0.39, 0.29) is 18.0 Å². The molecule has 24 heavy (non-hydrogen) atoms. The van der Waals surface area contributed by atoms with Crippen LogP contribution in [0.2, 0.25) is 0 Å². The first-order chi connectivity index (χ1) is 11.5. The smallest absolute Gasteiger partial charge is 0.316 e. The van der Waals surface area contributed by atoms with Crippen LogP contribution >= 0.6 is 0 Å². The van der Waals surface area contributed by atoms with E-state index in [1.54, 1.807) is 11.7 Å². The van der Waals surface area contributed by atoms with Gasteiger partial charge in [-0.2, -0.15) is 5.10 Å². The second kappa shape index (κ2) is 8.12. The van der Waals surface area contributed by atoms with Crippen molar-refractivity contribution in [2.24, 2.45) is 0 Å². The van der Waals surface area contributed by atoms with Crippen LogP contribution in [0.4, 0.5) is 4.79 Å². The third kappa shape index (κ3) is 4.04. The molecule has 2 rings (SSSR count). The van der Waals surface area contributed by atoms with Crippen molar-refractivity contribution >= 4 is 11.9 Å². The Labute approximate surface area is 142 Å². The molecule has 1 aromatic rings. The molecule has 1 aromatic heterocycles. The molecule has 1 heterocycles. The van der Waals surface area contributed by atoms with Crippen molar-refractivity contribution in [3.8, 4) is 0 Å². The summed E-state index contributed by atoms with van der Waals surface area (Å²) in [6.07, 6.45) is 6.74. The molecule has 0 unspecified atom stereocenters. The first-order valence-electron chi connectivity index (χ1n) is 8.71. The number of hydrogen-bond acceptors (Lipinski definition) is 4. The second-order valence-corrected chi connectivity index (χ2v) is 6.38. The standard InChI is InChI=1S/C16H28N6O2/c1-4-10-22-13(18-11-19-22)12(2)20-15(24)21-16(14(23)17-3)8-6-5-7-9-16/h11-12H,4-10H2,1-3H3,(H,17,23)(H2,20,21,24)/t12-/m0/s1. The molecule has 8 heteroatoms. The molecule has 1 fully saturated rings. The minimum absolute atomic E-state index is 0.126. The number of nitrogens with one attached hydrogen (secondary N) is 3. The maximum atomic E-state index is 12.5. The third-order valence-corrected chi connectivity index (χ3v) is 4.54. The van der Waals surface area contributed by atoms with Gasteiger partial charge in [0, 0.05) is 13.6 Å². The lowest BCUT2D eigenvalue weighted by Gasteiger charge is -2.36. The van der Waals surface area contributed by atoms with Gasteiger partial charge in [-0.05, 0) is 26.2 Å². The molecule has 1 saturated carbocycles. The van der Waals surface area contributed by atoms with Crippen LogP contribution in [-0.4, -0.2) is 39.3 Å². The van der Waals surface area contributed by atoms with E-state index >= 15 is 0 Å². The van der Waals surface area contributed by atoms with E-state index in [9.17, 15) is 9.59 Å². The molecule has 0 spiro atoms. The molecule has 0 radical (unpaired) electrons. The molecule has 0 saturated heterocycles. The summed E-state index contributed by atoms with van der Waals surface area (Å²) >= 11 is 0. The zero-order chi connectivity index (χ0) is 17.6. The van der Waals surface area contributed by atoms with Gasteiger partial charge in [0.05, 0.1) is 6.04 Å². The van der Waals surface area contributed by atoms with Gasteiger partial charge in [-0.15, -0.1) is 0 Å². The Balaban J connectivity index is 2.02. The predicted molar refractivity (Wildman–Crippen MR) is 90.3 cm³/mol. The van der Waals surface area contributed by atoms with Gasteiger partial charge in [-0.3, -0.25) is 4.79 Å². The topological polar surface area (TPSA) is 101 Å². The lowest BCUT2D eigenvalue weighted by Crippen LogP contribution is -2.61. The lowest BCUT2D eigenvalue weighted by atomic mass is 9.81. The fourth-order valence-corrected chi connectivity index (χ4v) is 3.31. The zero-order valence-corrected chi connectivity index (χ0v) is 14.8. The van der Waals surface area contributed by atoms with E-state index < -0.39 is 5.54 Å². The number of hydrogen-bond donors (Lipinski definition) is 3. The Morgan fingerprint density at radius 1 is 1.33 bits per heavy atom. The van der Waals surface area contributed by atoms with Gasteiger partial charge in [-0.1, -0.05) is 26.2 Å². The Morgan fingerprint density at radius 2 is 2.04 bits per heavy atom. The van der Waals surface area contributed by atoms with E-state index in [4.69, 9.17) is 0 Å². The molecular weight excluding hydrogens is 308 g/mol. The van der Waals surface area contributed by atoms with Crippen LogP contribution in [0.15, 0.2) is 6.33 Å². The van der Waals surface area contributed by atoms with Gasteiger partial charge in [0.2, 0.25) is 5.91 Å². The molecule has 0 aliphatic heterocycles. The molecule has 3 N–H and O–H groups in total. The van der Waals surface area contributed by atoms with Crippen LogP contribution in [-0.2, 0) is 11.3 Å². The number of nitrogens with zero attached hydrogens (tertiary/aromatic N) is 3. The number of likely N-dealkylation sites (N-methyl/N-ethyl adjacent to an activating group) is 1. The van der Waals surface area contributed by atoms with Gasteiger partial charge in [0.25, 0.3) is 0 Å². The van der Waals surface area contributed by atoms with Crippen LogP contribution < -0.4 is 16.0 Å². The highest BCUT2D eigenvalue weighted by Gasteiger charge is 2.40. The van der Waals surface area contributed by atoms with E-state index in [1.807, 2.05) is 6.92 Å². The fraction of sp³-hybridized carbons (Fsp3) is 0.750. The third-order valence-electron chi connectivity index (χ3n) is 4.54.